The summed E-state index contributed by atoms with van der Waals surface area (Å²) >= 11 is 0. The number of ether oxygens (including phenoxy) is 2. The van der Waals surface area contributed by atoms with Gasteiger partial charge >= 0.3 is 0 Å². The third kappa shape index (κ3) is 5.61. The van der Waals surface area contributed by atoms with Gasteiger partial charge in [-0.25, -0.2) is 0 Å². The molecule has 31 heavy (non-hydrogen) atoms. The Morgan fingerprint density at radius 1 is 1.03 bits per heavy atom. The van der Waals surface area contributed by atoms with Crippen LogP contribution in [0.1, 0.15) is 37.9 Å². The lowest BCUT2D eigenvalue weighted by atomic mass is 9.97. The van der Waals surface area contributed by atoms with E-state index in [2.05, 4.69) is 53.6 Å². The Labute approximate surface area is 184 Å². The zero-order valence-electron chi connectivity index (χ0n) is 18.4. The maximum Gasteiger partial charge on any atom is 0.234 e. The van der Waals surface area contributed by atoms with Crippen LogP contribution in [-0.2, 0) is 13.0 Å². The standard InChI is InChI=1S/C26H31N3O2/c1-3-4-10-25-24(15-26(29-28-25)31-19(2)22-16-27-17-22)21-11-13-23(14-12-21)30-18-20-8-6-5-7-9-20/h5-9,11-15,19,22,27H,3-4,10,16-18H2,1-2H3. The molecular formula is C26H31N3O2. The van der Waals surface area contributed by atoms with Gasteiger partial charge in [0.15, 0.2) is 0 Å². The molecule has 0 spiro atoms. The smallest absolute Gasteiger partial charge is 0.234 e. The van der Waals surface area contributed by atoms with Gasteiger partial charge < -0.3 is 14.8 Å². The van der Waals surface area contributed by atoms with Crippen LogP contribution in [0.2, 0.25) is 0 Å². The molecule has 4 rings (SSSR count). The van der Waals surface area contributed by atoms with E-state index in [1.807, 2.05) is 36.4 Å². The predicted octanol–water partition coefficient (Wildman–Crippen LogP) is 5.05. The van der Waals surface area contributed by atoms with E-state index in [9.17, 15) is 0 Å². The maximum atomic E-state index is 6.11. The van der Waals surface area contributed by atoms with Crippen molar-refractivity contribution in [2.45, 2.75) is 45.8 Å². The molecule has 5 heteroatoms. The van der Waals surface area contributed by atoms with Gasteiger partial charge in [-0.15, -0.1) is 5.10 Å². The molecule has 1 aromatic heterocycles. The van der Waals surface area contributed by atoms with Crippen molar-refractivity contribution < 1.29 is 9.47 Å². The molecule has 2 aromatic carbocycles. The lowest BCUT2D eigenvalue weighted by Gasteiger charge is -2.32. The first-order chi connectivity index (χ1) is 15.2. The van der Waals surface area contributed by atoms with Crippen molar-refractivity contribution in [3.05, 3.63) is 71.9 Å². The second-order valence-corrected chi connectivity index (χ2v) is 8.19. The molecule has 1 aliphatic rings. The normalized spacial score (nSPS) is 14.6. The first kappa shape index (κ1) is 21.3. The van der Waals surface area contributed by atoms with Crippen LogP contribution in [0.3, 0.4) is 0 Å². The van der Waals surface area contributed by atoms with Gasteiger partial charge in [0.25, 0.3) is 0 Å². The molecular weight excluding hydrogens is 386 g/mol. The lowest BCUT2D eigenvalue weighted by Crippen LogP contribution is -2.49. The molecule has 1 fully saturated rings. The molecule has 1 aliphatic heterocycles. The highest BCUT2D eigenvalue weighted by Gasteiger charge is 2.25. The Hall–Kier alpha value is -2.92. The SMILES string of the molecule is CCCCc1nnc(OC(C)C2CNC2)cc1-c1ccc(OCc2ccccc2)cc1. The number of nitrogens with zero attached hydrogens (tertiary/aromatic N) is 2. The van der Waals surface area contributed by atoms with Gasteiger partial charge in [0.05, 0.1) is 5.69 Å². The average Bonchev–Trinajstić information content (AvgIpc) is 2.76. The van der Waals surface area contributed by atoms with Crippen LogP contribution < -0.4 is 14.8 Å². The summed E-state index contributed by atoms with van der Waals surface area (Å²) in [5.41, 5.74) is 4.37. The van der Waals surface area contributed by atoms with Crippen molar-refractivity contribution in [3.8, 4) is 22.8 Å². The largest absolute Gasteiger partial charge is 0.489 e. The first-order valence-corrected chi connectivity index (χ1v) is 11.2. The number of rotatable bonds is 10. The van der Waals surface area contributed by atoms with E-state index in [1.165, 1.54) is 0 Å². The summed E-state index contributed by atoms with van der Waals surface area (Å²) in [6, 6.07) is 20.5. The Morgan fingerprint density at radius 3 is 2.48 bits per heavy atom. The quantitative estimate of drug-likeness (QED) is 0.500. The van der Waals surface area contributed by atoms with Gasteiger partial charge in [-0.05, 0) is 43.0 Å². The molecule has 0 amide bonds. The van der Waals surface area contributed by atoms with Gasteiger partial charge in [0.2, 0.25) is 5.88 Å². The van der Waals surface area contributed by atoms with E-state index < -0.39 is 0 Å². The maximum absolute atomic E-state index is 6.11. The van der Waals surface area contributed by atoms with Crippen molar-refractivity contribution in [1.82, 2.24) is 15.5 Å². The number of aryl methyl sites for hydroxylation is 1. The second kappa shape index (κ2) is 10.4. The van der Waals surface area contributed by atoms with Gasteiger partial charge in [-0.2, -0.15) is 5.10 Å². The predicted molar refractivity (Wildman–Crippen MR) is 123 cm³/mol. The Bertz CT molecular complexity index is 956. The number of aromatic nitrogens is 2. The molecule has 3 aromatic rings. The Kier molecular flexibility index (Phi) is 7.15. The van der Waals surface area contributed by atoms with E-state index in [1.54, 1.807) is 0 Å². The second-order valence-electron chi connectivity index (χ2n) is 8.19. The number of benzene rings is 2. The van der Waals surface area contributed by atoms with Crippen LogP contribution >= 0.6 is 0 Å². The summed E-state index contributed by atoms with van der Waals surface area (Å²) in [6.45, 7) is 6.86. The molecule has 0 aliphatic carbocycles. The van der Waals surface area contributed by atoms with Crippen LogP contribution in [0.25, 0.3) is 11.1 Å². The van der Waals surface area contributed by atoms with Gasteiger partial charge in [-0.1, -0.05) is 55.8 Å². The molecule has 2 heterocycles. The summed E-state index contributed by atoms with van der Waals surface area (Å²) in [6.07, 6.45) is 3.24. The third-order valence-electron chi connectivity index (χ3n) is 5.81. The average molecular weight is 418 g/mol. The summed E-state index contributed by atoms with van der Waals surface area (Å²) in [4.78, 5) is 0. The molecule has 1 N–H and O–H groups in total. The van der Waals surface area contributed by atoms with Gasteiger partial charge in [0.1, 0.15) is 18.5 Å². The van der Waals surface area contributed by atoms with Crippen molar-refractivity contribution in [1.29, 1.82) is 0 Å². The van der Waals surface area contributed by atoms with Crippen molar-refractivity contribution in [3.63, 3.8) is 0 Å². The molecule has 1 atom stereocenters. The minimum atomic E-state index is 0.124. The van der Waals surface area contributed by atoms with E-state index in [0.29, 0.717) is 18.4 Å². The highest BCUT2D eigenvalue weighted by molar-refractivity contribution is 5.67. The number of hydrogen-bond donors (Lipinski definition) is 1. The molecule has 1 saturated heterocycles. The number of unbranched alkanes of at least 4 members (excludes halogenated alkanes) is 1. The number of hydrogen-bond acceptors (Lipinski definition) is 5. The van der Waals surface area contributed by atoms with Crippen LogP contribution in [0.15, 0.2) is 60.7 Å². The zero-order valence-corrected chi connectivity index (χ0v) is 18.4. The molecule has 0 saturated carbocycles. The highest BCUT2D eigenvalue weighted by atomic mass is 16.5. The fourth-order valence-corrected chi connectivity index (χ4v) is 3.64. The summed E-state index contributed by atoms with van der Waals surface area (Å²) in [5, 5.41) is 12.2. The highest BCUT2D eigenvalue weighted by Crippen LogP contribution is 2.29. The summed E-state index contributed by atoms with van der Waals surface area (Å²) in [7, 11) is 0. The van der Waals surface area contributed by atoms with Crippen LogP contribution in [0.5, 0.6) is 11.6 Å². The molecule has 0 radical (unpaired) electrons. The van der Waals surface area contributed by atoms with Crippen molar-refractivity contribution in [2.75, 3.05) is 13.1 Å². The molecule has 0 bridgehead atoms. The van der Waals surface area contributed by atoms with E-state index in [-0.39, 0.29) is 6.10 Å². The van der Waals surface area contributed by atoms with Crippen molar-refractivity contribution >= 4 is 0 Å². The van der Waals surface area contributed by atoms with Gasteiger partial charge in [-0.3, -0.25) is 0 Å². The molecule has 162 valence electrons. The monoisotopic (exact) mass is 417 g/mol. The summed E-state index contributed by atoms with van der Waals surface area (Å²) < 4.78 is 12.1. The summed E-state index contributed by atoms with van der Waals surface area (Å²) in [5.74, 6) is 1.98. The lowest BCUT2D eigenvalue weighted by molar-refractivity contribution is 0.109. The first-order valence-electron chi connectivity index (χ1n) is 11.2. The van der Waals surface area contributed by atoms with Crippen LogP contribution in [0, 0.1) is 5.92 Å². The van der Waals surface area contributed by atoms with Crippen molar-refractivity contribution in [2.24, 2.45) is 5.92 Å². The Balaban J connectivity index is 1.50. The van der Waals surface area contributed by atoms with E-state index in [4.69, 9.17) is 9.47 Å². The fraction of sp³-hybridized carbons (Fsp3) is 0.385. The van der Waals surface area contributed by atoms with E-state index in [0.717, 1.165) is 60.5 Å². The topological polar surface area (TPSA) is 56.3 Å². The molecule has 5 nitrogen and oxygen atoms in total. The minimum absolute atomic E-state index is 0.124. The minimum Gasteiger partial charge on any atom is -0.489 e. The third-order valence-corrected chi connectivity index (χ3v) is 5.81. The van der Waals surface area contributed by atoms with Gasteiger partial charge in [0, 0.05) is 30.6 Å². The van der Waals surface area contributed by atoms with Crippen LogP contribution in [-0.4, -0.2) is 29.4 Å². The van der Waals surface area contributed by atoms with Crippen LogP contribution in [0.4, 0.5) is 0 Å². The zero-order chi connectivity index (χ0) is 21.5. The fourth-order valence-electron chi connectivity index (χ4n) is 3.64. The molecule has 1 unspecified atom stereocenters. The van der Waals surface area contributed by atoms with E-state index >= 15 is 0 Å². The Morgan fingerprint density at radius 2 is 1.81 bits per heavy atom. The number of nitrogens with one attached hydrogen (secondary N) is 1.